The lowest BCUT2D eigenvalue weighted by Gasteiger charge is -2.18. The molecule has 0 saturated heterocycles. The van der Waals surface area contributed by atoms with Gasteiger partial charge in [0.15, 0.2) is 0 Å². The Morgan fingerprint density at radius 2 is 1.75 bits per heavy atom. The van der Waals surface area contributed by atoms with Crippen molar-refractivity contribution in [1.29, 1.82) is 0 Å². The second-order valence-electron chi connectivity index (χ2n) is 5.29. The molecule has 0 radical (unpaired) electrons. The molecule has 2 heterocycles. The van der Waals surface area contributed by atoms with Gasteiger partial charge in [-0.1, -0.05) is 6.07 Å². The van der Waals surface area contributed by atoms with Gasteiger partial charge in [0.05, 0.1) is 22.4 Å². The van der Waals surface area contributed by atoms with E-state index in [1.54, 1.807) is 6.92 Å². The summed E-state index contributed by atoms with van der Waals surface area (Å²) >= 11 is 0. The summed E-state index contributed by atoms with van der Waals surface area (Å²) in [7, 11) is 0. The van der Waals surface area contributed by atoms with Crippen molar-refractivity contribution in [3.05, 3.63) is 56.9 Å². The molecule has 124 valence electrons. The number of carbonyl (C=O) groups excluding carboxylic acids is 2. The van der Waals surface area contributed by atoms with Crippen molar-refractivity contribution < 1.29 is 22.8 Å². The Labute approximate surface area is 132 Å². The van der Waals surface area contributed by atoms with Gasteiger partial charge in [-0.25, -0.2) is 0 Å². The van der Waals surface area contributed by atoms with Crippen LogP contribution in [0.2, 0.25) is 0 Å². The average molecular weight is 337 g/mol. The highest BCUT2D eigenvalue weighted by Gasteiger charge is 2.36. The maximum absolute atomic E-state index is 13.3. The van der Waals surface area contributed by atoms with Crippen LogP contribution in [-0.4, -0.2) is 16.4 Å². The summed E-state index contributed by atoms with van der Waals surface area (Å²) in [5, 5.41) is 1.95. The minimum absolute atomic E-state index is 0.250. The number of nitrogens with two attached hydrogens (primary N) is 1. The minimum Gasteiger partial charge on any atom is -0.384 e. The van der Waals surface area contributed by atoms with Gasteiger partial charge >= 0.3 is 6.18 Å². The number of nitrogens with zero attached hydrogens (tertiary/aromatic N) is 1. The van der Waals surface area contributed by atoms with E-state index in [0.717, 1.165) is 18.2 Å². The van der Waals surface area contributed by atoms with E-state index in [0.29, 0.717) is 10.1 Å². The Bertz CT molecular complexity index is 961. The van der Waals surface area contributed by atoms with Gasteiger partial charge in [0.2, 0.25) is 0 Å². The van der Waals surface area contributed by atoms with Crippen molar-refractivity contribution >= 4 is 17.6 Å². The third kappa shape index (κ3) is 2.25. The normalized spacial score (nSPS) is 13.8. The number of carbonyl (C=O) groups is 2. The first kappa shape index (κ1) is 15.8. The molecule has 6 nitrogen and oxygen atoms in total. The first-order valence-corrected chi connectivity index (χ1v) is 6.70. The van der Waals surface area contributed by atoms with Crippen LogP contribution in [0.3, 0.4) is 0 Å². The number of imide groups is 1. The van der Waals surface area contributed by atoms with Crippen molar-refractivity contribution in [2.24, 2.45) is 0 Å². The predicted octanol–water partition coefficient (Wildman–Crippen LogP) is 1.63. The molecule has 1 aliphatic heterocycles. The number of amides is 2. The van der Waals surface area contributed by atoms with Crippen molar-refractivity contribution in [1.82, 2.24) is 9.88 Å². The lowest BCUT2D eigenvalue weighted by molar-refractivity contribution is -0.137. The SMILES string of the molecule is Cc1ccc(C(F)(F)F)c(-n2c(N)c3c(cc2=O)C(=O)NC3=O)c1. The zero-order chi connectivity index (χ0) is 17.8. The van der Waals surface area contributed by atoms with Gasteiger partial charge in [0, 0.05) is 6.07 Å². The van der Waals surface area contributed by atoms with Crippen molar-refractivity contribution in [2.75, 3.05) is 5.73 Å². The van der Waals surface area contributed by atoms with Crippen LogP contribution in [0.4, 0.5) is 19.0 Å². The quantitative estimate of drug-likeness (QED) is 0.774. The highest BCUT2D eigenvalue weighted by molar-refractivity contribution is 6.23. The Morgan fingerprint density at radius 1 is 1.08 bits per heavy atom. The molecule has 0 fully saturated rings. The minimum atomic E-state index is -4.73. The number of aromatic nitrogens is 1. The van der Waals surface area contributed by atoms with Gasteiger partial charge in [-0.2, -0.15) is 13.2 Å². The number of aryl methyl sites for hydroxylation is 1. The number of anilines is 1. The molecule has 2 aromatic rings. The number of nitrogens with one attached hydrogen (secondary N) is 1. The van der Waals surface area contributed by atoms with Crippen LogP contribution >= 0.6 is 0 Å². The first-order valence-electron chi connectivity index (χ1n) is 6.70. The standard InChI is InChI=1S/C15H10F3N3O3/c1-6-2-3-8(15(16,17)18)9(4-6)21-10(22)5-7-11(12(21)19)14(24)20-13(7)23/h2-5H,19H2,1H3,(H,20,23,24). The molecular formula is C15H10F3N3O3. The fourth-order valence-electron chi connectivity index (χ4n) is 2.59. The summed E-state index contributed by atoms with van der Waals surface area (Å²) < 4.78 is 40.3. The largest absolute Gasteiger partial charge is 0.418 e. The Balaban J connectivity index is 2.40. The van der Waals surface area contributed by atoms with E-state index in [1.165, 1.54) is 6.07 Å². The number of hydrogen-bond donors (Lipinski definition) is 2. The molecule has 3 N–H and O–H groups in total. The highest BCUT2D eigenvalue weighted by Crippen LogP contribution is 2.35. The first-order chi connectivity index (χ1) is 11.1. The zero-order valence-corrected chi connectivity index (χ0v) is 12.2. The fraction of sp³-hybridized carbons (Fsp3) is 0.133. The van der Waals surface area contributed by atoms with Gasteiger partial charge < -0.3 is 5.73 Å². The molecule has 0 saturated carbocycles. The maximum Gasteiger partial charge on any atom is 0.418 e. The lowest BCUT2D eigenvalue weighted by atomic mass is 10.1. The van der Waals surface area contributed by atoms with Crippen LogP contribution in [0.25, 0.3) is 5.69 Å². The number of hydrogen-bond acceptors (Lipinski definition) is 4. The van der Waals surface area contributed by atoms with Crippen LogP contribution in [0, 0.1) is 6.92 Å². The molecule has 0 aliphatic carbocycles. The molecule has 1 aromatic carbocycles. The molecule has 0 unspecified atom stereocenters. The van der Waals surface area contributed by atoms with E-state index >= 15 is 0 Å². The van der Waals surface area contributed by atoms with Gasteiger partial charge in [-0.05, 0) is 24.6 Å². The summed E-state index contributed by atoms with van der Waals surface area (Å²) in [6, 6.07) is 4.02. The summed E-state index contributed by atoms with van der Waals surface area (Å²) in [6.45, 7) is 1.55. The topological polar surface area (TPSA) is 94.2 Å². The number of benzene rings is 1. The smallest absolute Gasteiger partial charge is 0.384 e. The molecule has 2 amide bonds. The second-order valence-corrected chi connectivity index (χ2v) is 5.29. The summed E-state index contributed by atoms with van der Waals surface area (Å²) in [5.74, 6) is -2.19. The van der Waals surface area contributed by atoms with Crippen LogP contribution in [0.15, 0.2) is 29.1 Å². The molecule has 9 heteroatoms. The monoisotopic (exact) mass is 337 g/mol. The molecule has 0 bridgehead atoms. The van der Waals surface area contributed by atoms with E-state index in [1.807, 2.05) is 5.32 Å². The third-order valence-corrected chi connectivity index (χ3v) is 3.65. The van der Waals surface area contributed by atoms with E-state index in [4.69, 9.17) is 5.73 Å². The third-order valence-electron chi connectivity index (χ3n) is 3.65. The number of rotatable bonds is 1. The summed E-state index contributed by atoms with van der Waals surface area (Å²) in [6.07, 6.45) is -4.73. The van der Waals surface area contributed by atoms with Crippen LogP contribution < -0.4 is 16.6 Å². The molecular weight excluding hydrogens is 327 g/mol. The van der Waals surface area contributed by atoms with E-state index in [2.05, 4.69) is 0 Å². The van der Waals surface area contributed by atoms with Crippen LogP contribution in [0.5, 0.6) is 0 Å². The van der Waals surface area contributed by atoms with E-state index < -0.39 is 40.6 Å². The Hall–Kier alpha value is -3.10. The number of halogens is 3. The predicted molar refractivity (Wildman–Crippen MR) is 78.0 cm³/mol. The van der Waals surface area contributed by atoms with Gasteiger partial charge in [0.25, 0.3) is 17.4 Å². The second kappa shape index (κ2) is 4.95. The van der Waals surface area contributed by atoms with Crippen molar-refractivity contribution in [3.63, 3.8) is 0 Å². The van der Waals surface area contributed by atoms with E-state index in [9.17, 15) is 27.6 Å². The van der Waals surface area contributed by atoms with Crippen molar-refractivity contribution in [3.8, 4) is 5.69 Å². The Kier molecular flexibility index (Phi) is 3.25. The van der Waals surface area contributed by atoms with Gasteiger partial charge in [-0.15, -0.1) is 0 Å². The van der Waals surface area contributed by atoms with Crippen LogP contribution in [0.1, 0.15) is 31.8 Å². The average Bonchev–Trinajstić information content (AvgIpc) is 2.72. The maximum atomic E-state index is 13.3. The summed E-state index contributed by atoms with van der Waals surface area (Å²) in [4.78, 5) is 35.7. The van der Waals surface area contributed by atoms with E-state index in [-0.39, 0.29) is 11.1 Å². The molecule has 1 aromatic heterocycles. The summed E-state index contributed by atoms with van der Waals surface area (Å²) in [5.41, 5.74) is 3.15. The molecule has 24 heavy (non-hydrogen) atoms. The Morgan fingerprint density at radius 3 is 2.38 bits per heavy atom. The number of pyridine rings is 1. The number of alkyl halides is 3. The zero-order valence-electron chi connectivity index (χ0n) is 12.2. The molecule has 0 spiro atoms. The lowest BCUT2D eigenvalue weighted by Crippen LogP contribution is -2.26. The van der Waals surface area contributed by atoms with Crippen LogP contribution in [-0.2, 0) is 6.18 Å². The molecule has 3 rings (SSSR count). The number of fused-ring (bicyclic) bond motifs is 1. The fourth-order valence-corrected chi connectivity index (χ4v) is 2.59. The van der Waals surface area contributed by atoms with Gasteiger partial charge in [0.1, 0.15) is 5.82 Å². The number of nitrogen functional groups attached to an aromatic ring is 1. The highest BCUT2D eigenvalue weighted by atomic mass is 19.4. The molecule has 1 aliphatic rings. The van der Waals surface area contributed by atoms with Crippen molar-refractivity contribution in [2.45, 2.75) is 13.1 Å². The molecule has 0 atom stereocenters. The van der Waals surface area contributed by atoms with Gasteiger partial charge in [-0.3, -0.25) is 24.3 Å².